The zero-order chi connectivity index (χ0) is 16.6. The summed E-state index contributed by atoms with van der Waals surface area (Å²) < 4.78 is 89.6. The number of rotatable bonds is 3. The van der Waals surface area contributed by atoms with E-state index in [9.17, 15) is 35.5 Å². The van der Waals surface area contributed by atoms with E-state index in [0.29, 0.717) is 12.1 Å². The molecule has 0 saturated heterocycles. The van der Waals surface area contributed by atoms with Crippen molar-refractivity contribution in [1.29, 1.82) is 0 Å². The van der Waals surface area contributed by atoms with Crippen LogP contribution < -0.4 is 0 Å². The monoisotopic (exact) mass is 316 g/mol. The van der Waals surface area contributed by atoms with Crippen molar-refractivity contribution in [2.24, 2.45) is 0 Å². The number of allylic oxidation sites excluding steroid dienone is 1. The summed E-state index contributed by atoms with van der Waals surface area (Å²) in [6.07, 6.45) is -5.17. The van der Waals surface area contributed by atoms with Crippen LogP contribution in [0.15, 0.2) is 24.0 Å². The van der Waals surface area contributed by atoms with Crippen LogP contribution in [0.3, 0.4) is 0 Å². The lowest BCUT2D eigenvalue weighted by molar-refractivity contribution is -0.138. The molecule has 0 aliphatic rings. The van der Waals surface area contributed by atoms with Gasteiger partial charge in [-0.1, -0.05) is 6.07 Å². The van der Waals surface area contributed by atoms with Gasteiger partial charge in [-0.05, 0) is 12.1 Å². The molecular formula is C12H7F7O2. The molecule has 0 spiro atoms. The first kappa shape index (κ1) is 17.0. The molecule has 0 saturated carbocycles. The summed E-state index contributed by atoms with van der Waals surface area (Å²) in [5.41, 5.74) is -4.11. The highest BCUT2D eigenvalue weighted by atomic mass is 19.4. The number of alkyl halides is 5. The van der Waals surface area contributed by atoms with Crippen LogP contribution >= 0.6 is 0 Å². The van der Waals surface area contributed by atoms with Gasteiger partial charge in [0, 0.05) is 12.5 Å². The van der Waals surface area contributed by atoms with Crippen molar-refractivity contribution in [3.8, 4) is 0 Å². The summed E-state index contributed by atoms with van der Waals surface area (Å²) >= 11 is 0. The first-order chi connectivity index (χ1) is 9.35. The maximum Gasteiger partial charge on any atom is 0.417 e. The Hall–Kier alpha value is -2.06. The molecule has 0 radical (unpaired) electrons. The second-order valence-electron chi connectivity index (χ2n) is 4.08. The number of carboxylic acid groups (broad SMARTS) is 1. The van der Waals surface area contributed by atoms with Gasteiger partial charge in [0.2, 0.25) is 5.83 Å². The highest BCUT2D eigenvalue weighted by Crippen LogP contribution is 2.37. The van der Waals surface area contributed by atoms with E-state index in [4.69, 9.17) is 5.11 Å². The lowest BCUT2D eigenvalue weighted by Crippen LogP contribution is -2.14. The van der Waals surface area contributed by atoms with Gasteiger partial charge in [0.15, 0.2) is 5.83 Å². The Labute approximate surface area is 113 Å². The van der Waals surface area contributed by atoms with E-state index in [1.54, 1.807) is 0 Å². The highest BCUT2D eigenvalue weighted by molar-refractivity contribution is 5.90. The standard InChI is InChI=1S/C12H7F7O2/c1-11(15,16)9(14)8(13)5-2-3-6(10(20)21)7(4-5)12(17,18)19/h2-4H,1H3,(H,20,21)/b9-8+. The topological polar surface area (TPSA) is 37.3 Å². The van der Waals surface area contributed by atoms with Crippen molar-refractivity contribution in [3.63, 3.8) is 0 Å². The van der Waals surface area contributed by atoms with Crippen LogP contribution in [0, 0.1) is 0 Å². The molecule has 2 nitrogen and oxygen atoms in total. The summed E-state index contributed by atoms with van der Waals surface area (Å²) in [6.45, 7) is 0.0260. The van der Waals surface area contributed by atoms with Gasteiger partial charge >= 0.3 is 12.1 Å². The number of carbonyl (C=O) groups is 1. The normalized spacial score (nSPS) is 13.9. The molecule has 0 aliphatic carbocycles. The molecule has 21 heavy (non-hydrogen) atoms. The minimum Gasteiger partial charge on any atom is -0.478 e. The van der Waals surface area contributed by atoms with E-state index in [2.05, 4.69) is 0 Å². The van der Waals surface area contributed by atoms with E-state index in [1.165, 1.54) is 0 Å². The molecule has 0 aliphatic heterocycles. The molecule has 0 heterocycles. The van der Waals surface area contributed by atoms with Crippen molar-refractivity contribution >= 4 is 11.8 Å². The summed E-state index contributed by atoms with van der Waals surface area (Å²) in [5.74, 6) is -10.9. The fourth-order valence-electron chi connectivity index (χ4n) is 1.42. The van der Waals surface area contributed by atoms with Crippen LogP contribution in [0.2, 0.25) is 0 Å². The fraction of sp³-hybridized carbons (Fsp3) is 0.250. The van der Waals surface area contributed by atoms with Gasteiger partial charge in [-0.2, -0.15) is 22.0 Å². The Balaban J connectivity index is 3.53. The maximum absolute atomic E-state index is 13.4. The lowest BCUT2D eigenvalue weighted by Gasteiger charge is -2.13. The molecule has 0 fully saturated rings. The largest absolute Gasteiger partial charge is 0.478 e. The van der Waals surface area contributed by atoms with Gasteiger partial charge in [0.05, 0.1) is 11.1 Å². The van der Waals surface area contributed by atoms with Crippen LogP contribution in [0.4, 0.5) is 30.7 Å². The van der Waals surface area contributed by atoms with E-state index in [-0.39, 0.29) is 13.0 Å². The second kappa shape index (κ2) is 5.38. The Bertz CT molecular complexity index is 597. The van der Waals surface area contributed by atoms with Gasteiger partial charge in [0.25, 0.3) is 5.92 Å². The van der Waals surface area contributed by atoms with E-state index >= 15 is 0 Å². The molecule has 9 heteroatoms. The molecule has 0 aromatic heterocycles. The van der Waals surface area contributed by atoms with E-state index in [0.717, 1.165) is 0 Å². The quantitative estimate of drug-likeness (QED) is 0.823. The SMILES string of the molecule is CC(F)(F)/C(F)=C(\F)c1ccc(C(=O)O)c(C(F)(F)F)c1. The number of hydrogen-bond acceptors (Lipinski definition) is 1. The number of carboxylic acids is 1. The predicted octanol–water partition coefficient (Wildman–Crippen LogP) is 4.67. The smallest absolute Gasteiger partial charge is 0.417 e. The molecule has 1 N–H and O–H groups in total. The van der Waals surface area contributed by atoms with Gasteiger partial charge in [-0.25, -0.2) is 13.6 Å². The lowest BCUT2D eigenvalue weighted by atomic mass is 10.0. The van der Waals surface area contributed by atoms with Crippen LogP contribution in [0.5, 0.6) is 0 Å². The average molecular weight is 316 g/mol. The Morgan fingerprint density at radius 2 is 1.62 bits per heavy atom. The summed E-state index contributed by atoms with van der Waals surface area (Å²) in [6, 6.07) is 0.796. The third-order valence-electron chi connectivity index (χ3n) is 2.39. The average Bonchev–Trinajstić information content (AvgIpc) is 2.34. The second-order valence-corrected chi connectivity index (χ2v) is 4.08. The summed E-state index contributed by atoms with van der Waals surface area (Å²) in [4.78, 5) is 10.6. The van der Waals surface area contributed by atoms with Crippen molar-refractivity contribution in [3.05, 3.63) is 40.7 Å². The number of benzene rings is 1. The Kier molecular flexibility index (Phi) is 4.35. The van der Waals surface area contributed by atoms with Gasteiger partial charge < -0.3 is 5.11 Å². The molecule has 1 aromatic rings. The summed E-state index contributed by atoms with van der Waals surface area (Å²) in [5, 5.41) is 8.60. The first-order valence-corrected chi connectivity index (χ1v) is 5.24. The Morgan fingerprint density at radius 1 is 1.10 bits per heavy atom. The van der Waals surface area contributed by atoms with E-state index < -0.39 is 46.4 Å². The van der Waals surface area contributed by atoms with Crippen molar-refractivity contribution < 1.29 is 40.6 Å². The van der Waals surface area contributed by atoms with Crippen LogP contribution in [-0.2, 0) is 6.18 Å². The Morgan fingerprint density at radius 3 is 2.00 bits per heavy atom. The molecule has 0 amide bonds. The fourth-order valence-corrected chi connectivity index (χ4v) is 1.42. The molecule has 1 aromatic carbocycles. The van der Waals surface area contributed by atoms with Gasteiger partial charge in [-0.15, -0.1) is 0 Å². The van der Waals surface area contributed by atoms with Crippen LogP contribution in [0.25, 0.3) is 5.83 Å². The van der Waals surface area contributed by atoms with Gasteiger partial charge in [-0.3, -0.25) is 0 Å². The van der Waals surface area contributed by atoms with Crippen LogP contribution in [-0.4, -0.2) is 17.0 Å². The first-order valence-electron chi connectivity index (χ1n) is 5.24. The number of halogens is 7. The zero-order valence-corrected chi connectivity index (χ0v) is 10.2. The molecule has 0 bridgehead atoms. The predicted molar refractivity (Wildman–Crippen MR) is 58.2 cm³/mol. The third-order valence-corrected chi connectivity index (χ3v) is 2.39. The van der Waals surface area contributed by atoms with Crippen LogP contribution in [0.1, 0.15) is 28.4 Å². The minimum absolute atomic E-state index is 0.0260. The number of aromatic carboxylic acids is 1. The molecule has 116 valence electrons. The number of hydrogen-bond donors (Lipinski definition) is 1. The zero-order valence-electron chi connectivity index (χ0n) is 10.2. The molecular weight excluding hydrogens is 309 g/mol. The van der Waals surface area contributed by atoms with Gasteiger partial charge in [0.1, 0.15) is 0 Å². The minimum atomic E-state index is -5.17. The third kappa shape index (κ3) is 3.73. The highest BCUT2D eigenvalue weighted by Gasteiger charge is 2.37. The molecule has 1 rings (SSSR count). The van der Waals surface area contributed by atoms with Crippen molar-refractivity contribution in [1.82, 2.24) is 0 Å². The molecule has 0 unspecified atom stereocenters. The van der Waals surface area contributed by atoms with E-state index in [1.807, 2.05) is 0 Å². The van der Waals surface area contributed by atoms with Crippen molar-refractivity contribution in [2.75, 3.05) is 0 Å². The van der Waals surface area contributed by atoms with Crippen molar-refractivity contribution in [2.45, 2.75) is 19.0 Å². The molecule has 0 atom stereocenters. The summed E-state index contributed by atoms with van der Waals surface area (Å²) in [7, 11) is 0. The maximum atomic E-state index is 13.4.